The van der Waals surface area contributed by atoms with Gasteiger partial charge in [-0.2, -0.15) is 0 Å². The Morgan fingerprint density at radius 3 is 2.50 bits per heavy atom. The maximum atomic E-state index is 9.23. The van der Waals surface area contributed by atoms with Gasteiger partial charge in [-0.25, -0.2) is 4.98 Å². The minimum atomic E-state index is -0.930. The summed E-state index contributed by atoms with van der Waals surface area (Å²) in [6, 6.07) is 11.9. The fraction of sp³-hybridized carbons (Fsp3) is 0.278. The number of oxazole rings is 1. The molecular formula is C18H20N2O3S. The minimum Gasteiger partial charge on any atom is -0.443 e. The largest absolute Gasteiger partial charge is 0.443 e. The fourth-order valence-electron chi connectivity index (χ4n) is 2.36. The van der Waals surface area contributed by atoms with Crippen molar-refractivity contribution in [2.75, 3.05) is 13.2 Å². The number of aliphatic hydroxyl groups is 2. The molecule has 0 saturated heterocycles. The molecule has 24 heavy (non-hydrogen) atoms. The van der Waals surface area contributed by atoms with Crippen LogP contribution in [0.5, 0.6) is 0 Å². The molecule has 0 fully saturated rings. The molecule has 3 aromatic rings. The van der Waals surface area contributed by atoms with E-state index in [-0.39, 0.29) is 13.2 Å². The van der Waals surface area contributed by atoms with E-state index in [0.717, 1.165) is 21.7 Å². The van der Waals surface area contributed by atoms with Crippen LogP contribution in [-0.2, 0) is 6.42 Å². The number of aliphatic hydroxyl groups excluding tert-OH is 2. The molecule has 0 aliphatic carbocycles. The number of thiophene rings is 1. The Balaban J connectivity index is 1.69. The molecule has 0 radical (unpaired) electrons. The van der Waals surface area contributed by atoms with Gasteiger partial charge in [0.2, 0.25) is 5.89 Å². The lowest BCUT2D eigenvalue weighted by atomic mass is 9.93. The van der Waals surface area contributed by atoms with Crippen LogP contribution in [0.3, 0.4) is 0 Å². The summed E-state index contributed by atoms with van der Waals surface area (Å²) >= 11 is 1.59. The molecule has 126 valence electrons. The molecule has 6 heteroatoms. The molecule has 0 atom stereocenters. The zero-order valence-electron chi connectivity index (χ0n) is 13.2. The first kappa shape index (κ1) is 16.9. The van der Waals surface area contributed by atoms with Gasteiger partial charge in [0.15, 0.2) is 0 Å². The van der Waals surface area contributed by atoms with E-state index in [1.807, 2.05) is 41.8 Å². The van der Waals surface area contributed by atoms with Crippen molar-refractivity contribution in [1.29, 1.82) is 0 Å². The Hall–Kier alpha value is -1.99. The predicted molar refractivity (Wildman–Crippen MR) is 94.7 cm³/mol. The minimum absolute atomic E-state index is 0.230. The third-order valence-corrected chi connectivity index (χ3v) is 4.89. The topological polar surface area (TPSA) is 92.5 Å². The fourth-order valence-corrected chi connectivity index (χ4v) is 3.02. The Kier molecular flexibility index (Phi) is 5.11. The number of nitrogens with zero attached hydrogens (tertiary/aromatic N) is 1. The van der Waals surface area contributed by atoms with Gasteiger partial charge < -0.3 is 20.4 Å². The van der Waals surface area contributed by atoms with E-state index in [1.54, 1.807) is 17.6 Å². The van der Waals surface area contributed by atoms with Crippen molar-refractivity contribution in [3.05, 3.63) is 53.6 Å². The first-order chi connectivity index (χ1) is 11.6. The highest BCUT2D eigenvalue weighted by Gasteiger charge is 2.22. The van der Waals surface area contributed by atoms with Gasteiger partial charge in [0.05, 0.1) is 23.6 Å². The lowest BCUT2D eigenvalue weighted by molar-refractivity contribution is 0.115. The zero-order valence-corrected chi connectivity index (χ0v) is 14.0. The van der Waals surface area contributed by atoms with Gasteiger partial charge in [-0.15, -0.1) is 11.3 Å². The summed E-state index contributed by atoms with van der Waals surface area (Å²) in [6.45, 7) is -0.460. The van der Waals surface area contributed by atoms with Gasteiger partial charge in [0, 0.05) is 5.56 Å². The van der Waals surface area contributed by atoms with E-state index in [4.69, 9.17) is 10.2 Å². The van der Waals surface area contributed by atoms with E-state index >= 15 is 0 Å². The summed E-state index contributed by atoms with van der Waals surface area (Å²) in [5.41, 5.74) is 7.83. The van der Waals surface area contributed by atoms with Crippen molar-refractivity contribution in [3.8, 4) is 22.0 Å². The third-order valence-electron chi connectivity index (χ3n) is 4.03. The van der Waals surface area contributed by atoms with E-state index < -0.39 is 5.54 Å². The van der Waals surface area contributed by atoms with E-state index in [0.29, 0.717) is 18.7 Å². The smallest absolute Gasteiger partial charge is 0.236 e. The van der Waals surface area contributed by atoms with Crippen LogP contribution >= 0.6 is 11.3 Å². The van der Waals surface area contributed by atoms with Crippen molar-refractivity contribution in [1.82, 2.24) is 4.98 Å². The molecular weight excluding hydrogens is 324 g/mol. The molecule has 2 aromatic heterocycles. The average molecular weight is 344 g/mol. The molecule has 2 heterocycles. The normalized spacial score (nSPS) is 11.8. The third kappa shape index (κ3) is 3.73. The van der Waals surface area contributed by atoms with Crippen LogP contribution in [0, 0.1) is 0 Å². The highest BCUT2D eigenvalue weighted by Crippen LogP contribution is 2.27. The average Bonchev–Trinajstić information content (AvgIpc) is 3.31. The predicted octanol–water partition coefficient (Wildman–Crippen LogP) is 2.68. The molecule has 0 amide bonds. The monoisotopic (exact) mass is 344 g/mol. The number of benzene rings is 1. The molecule has 0 aliphatic heterocycles. The van der Waals surface area contributed by atoms with Crippen molar-refractivity contribution in [3.63, 3.8) is 0 Å². The van der Waals surface area contributed by atoms with Crippen molar-refractivity contribution in [2.24, 2.45) is 5.73 Å². The standard InChI is InChI=1S/C18H20N2O3S/c19-18(11-21,12-22)8-7-13-3-5-14(6-4-13)15-10-23-17(20-15)16-2-1-9-24-16/h1-6,9-10,21-22H,7-8,11-12,19H2. The van der Waals surface area contributed by atoms with Gasteiger partial charge in [0.25, 0.3) is 0 Å². The lowest BCUT2D eigenvalue weighted by Gasteiger charge is -2.24. The van der Waals surface area contributed by atoms with Crippen LogP contribution in [0.25, 0.3) is 22.0 Å². The van der Waals surface area contributed by atoms with Crippen LogP contribution in [0.4, 0.5) is 0 Å². The van der Waals surface area contributed by atoms with Gasteiger partial charge in [-0.1, -0.05) is 30.3 Å². The van der Waals surface area contributed by atoms with Crippen LogP contribution in [0.1, 0.15) is 12.0 Å². The van der Waals surface area contributed by atoms with Crippen LogP contribution in [-0.4, -0.2) is 33.9 Å². The highest BCUT2D eigenvalue weighted by atomic mass is 32.1. The second-order valence-electron chi connectivity index (χ2n) is 5.89. The van der Waals surface area contributed by atoms with Crippen molar-refractivity contribution >= 4 is 11.3 Å². The summed E-state index contributed by atoms with van der Waals surface area (Å²) in [4.78, 5) is 5.53. The SMILES string of the molecule is NC(CO)(CO)CCc1ccc(-c2coc(-c3cccs3)n2)cc1. The summed E-state index contributed by atoms with van der Waals surface area (Å²) < 4.78 is 5.54. The van der Waals surface area contributed by atoms with Crippen molar-refractivity contribution in [2.45, 2.75) is 18.4 Å². The molecule has 0 spiro atoms. The Labute approximate surface area is 144 Å². The van der Waals surface area contributed by atoms with E-state index in [1.165, 1.54) is 0 Å². The first-order valence-corrected chi connectivity index (χ1v) is 8.61. The van der Waals surface area contributed by atoms with Gasteiger partial charge in [-0.3, -0.25) is 0 Å². The zero-order chi connectivity index (χ0) is 17.0. The molecule has 0 unspecified atom stereocenters. The second kappa shape index (κ2) is 7.27. The molecule has 0 saturated carbocycles. The quantitative estimate of drug-likeness (QED) is 0.613. The maximum Gasteiger partial charge on any atom is 0.236 e. The molecule has 4 N–H and O–H groups in total. The number of aromatic nitrogens is 1. The number of rotatable bonds is 7. The number of nitrogens with two attached hydrogens (primary N) is 1. The Morgan fingerprint density at radius 1 is 1.12 bits per heavy atom. The van der Waals surface area contributed by atoms with Gasteiger partial charge in [0.1, 0.15) is 12.0 Å². The molecule has 3 rings (SSSR count). The Bertz CT molecular complexity index is 762. The van der Waals surface area contributed by atoms with Gasteiger partial charge >= 0.3 is 0 Å². The van der Waals surface area contributed by atoms with Crippen LogP contribution < -0.4 is 5.73 Å². The summed E-state index contributed by atoms with van der Waals surface area (Å²) in [7, 11) is 0. The summed E-state index contributed by atoms with van der Waals surface area (Å²) in [6.07, 6.45) is 2.87. The van der Waals surface area contributed by atoms with Gasteiger partial charge in [-0.05, 0) is 29.9 Å². The molecule has 1 aromatic carbocycles. The maximum absolute atomic E-state index is 9.23. The van der Waals surface area contributed by atoms with Crippen LogP contribution in [0.15, 0.2) is 52.5 Å². The molecule has 5 nitrogen and oxygen atoms in total. The Morgan fingerprint density at radius 2 is 1.88 bits per heavy atom. The highest BCUT2D eigenvalue weighted by molar-refractivity contribution is 7.13. The van der Waals surface area contributed by atoms with E-state index in [9.17, 15) is 10.2 Å². The number of aryl methyl sites for hydroxylation is 1. The summed E-state index contributed by atoms with van der Waals surface area (Å²) in [5, 5.41) is 20.5. The second-order valence-corrected chi connectivity index (χ2v) is 6.84. The first-order valence-electron chi connectivity index (χ1n) is 7.73. The number of hydrogen-bond donors (Lipinski definition) is 3. The molecule has 0 bridgehead atoms. The van der Waals surface area contributed by atoms with E-state index in [2.05, 4.69) is 4.98 Å². The summed E-state index contributed by atoms with van der Waals surface area (Å²) in [5.74, 6) is 0.628. The number of hydrogen-bond acceptors (Lipinski definition) is 6. The van der Waals surface area contributed by atoms with Crippen LogP contribution in [0.2, 0.25) is 0 Å². The lowest BCUT2D eigenvalue weighted by Crippen LogP contribution is -2.47. The molecule has 0 aliphatic rings. The van der Waals surface area contributed by atoms with Crippen molar-refractivity contribution < 1.29 is 14.6 Å².